The van der Waals surface area contributed by atoms with Crippen LogP contribution in [-0.2, 0) is 16.6 Å². The Morgan fingerprint density at radius 3 is 2.92 bits per heavy atom. The molecule has 0 bridgehead atoms. The van der Waals surface area contributed by atoms with Crippen LogP contribution < -0.4 is 10.6 Å². The number of ether oxygens (including phenoxy) is 1. The summed E-state index contributed by atoms with van der Waals surface area (Å²) in [7, 11) is 1.90. The standard InChI is InChI=1S/C17H30N6O2/c1-5-18-17(20-7-6-19-16(24)13(2)3)23-8-9-25-15(12-23)14-10-21-22(4)11-14/h10-11,13,15H,5-9,12H2,1-4H3,(H,18,20)(H,19,24). The molecule has 1 aromatic heterocycles. The minimum atomic E-state index is -0.00745. The number of rotatable bonds is 6. The van der Waals surface area contributed by atoms with Crippen LogP contribution in [0.4, 0.5) is 0 Å². The maximum Gasteiger partial charge on any atom is 0.222 e. The lowest BCUT2D eigenvalue weighted by molar-refractivity contribution is -0.123. The maximum absolute atomic E-state index is 11.6. The Bertz CT molecular complexity index is 583. The molecule has 1 aromatic rings. The smallest absolute Gasteiger partial charge is 0.222 e. The molecule has 0 aliphatic carbocycles. The Balaban J connectivity index is 1.93. The zero-order valence-electron chi connectivity index (χ0n) is 15.7. The van der Waals surface area contributed by atoms with Gasteiger partial charge in [0, 0.05) is 44.4 Å². The van der Waals surface area contributed by atoms with Crippen molar-refractivity contribution >= 4 is 11.9 Å². The highest BCUT2D eigenvalue weighted by Crippen LogP contribution is 2.21. The van der Waals surface area contributed by atoms with E-state index in [1.807, 2.05) is 33.3 Å². The highest BCUT2D eigenvalue weighted by atomic mass is 16.5. The van der Waals surface area contributed by atoms with Crippen molar-refractivity contribution in [2.75, 3.05) is 39.3 Å². The number of amides is 1. The fraction of sp³-hybridized carbons (Fsp3) is 0.706. The van der Waals surface area contributed by atoms with Crippen molar-refractivity contribution in [3.05, 3.63) is 18.0 Å². The molecular weight excluding hydrogens is 320 g/mol. The van der Waals surface area contributed by atoms with E-state index in [0.29, 0.717) is 19.7 Å². The fourth-order valence-electron chi connectivity index (χ4n) is 2.62. The zero-order valence-corrected chi connectivity index (χ0v) is 15.7. The number of aliphatic imine (C=N–C) groups is 1. The highest BCUT2D eigenvalue weighted by Gasteiger charge is 2.25. The van der Waals surface area contributed by atoms with Crippen LogP contribution in [0.25, 0.3) is 0 Å². The van der Waals surface area contributed by atoms with Crippen molar-refractivity contribution in [1.82, 2.24) is 25.3 Å². The summed E-state index contributed by atoms with van der Waals surface area (Å²) in [5.74, 6) is 0.915. The number of morpholine rings is 1. The van der Waals surface area contributed by atoms with Gasteiger partial charge in [0.25, 0.3) is 0 Å². The van der Waals surface area contributed by atoms with Crippen molar-refractivity contribution in [3.63, 3.8) is 0 Å². The van der Waals surface area contributed by atoms with Crippen molar-refractivity contribution in [3.8, 4) is 0 Å². The second-order valence-electron chi connectivity index (χ2n) is 6.43. The minimum absolute atomic E-state index is 0.00306. The molecule has 1 saturated heterocycles. The molecule has 0 aromatic carbocycles. The number of nitrogens with zero attached hydrogens (tertiary/aromatic N) is 4. The summed E-state index contributed by atoms with van der Waals surface area (Å²) in [6, 6.07) is 0. The molecule has 2 heterocycles. The van der Waals surface area contributed by atoms with Crippen molar-refractivity contribution in [2.24, 2.45) is 18.0 Å². The average Bonchev–Trinajstić information content (AvgIpc) is 3.04. The van der Waals surface area contributed by atoms with Gasteiger partial charge in [0.15, 0.2) is 5.96 Å². The Morgan fingerprint density at radius 2 is 2.28 bits per heavy atom. The molecule has 1 atom stereocenters. The van der Waals surface area contributed by atoms with E-state index in [2.05, 4.69) is 32.5 Å². The van der Waals surface area contributed by atoms with Gasteiger partial charge >= 0.3 is 0 Å². The van der Waals surface area contributed by atoms with Crippen molar-refractivity contribution in [1.29, 1.82) is 0 Å². The quantitative estimate of drug-likeness (QED) is 0.444. The second kappa shape index (κ2) is 9.41. The first-order valence-corrected chi connectivity index (χ1v) is 8.92. The lowest BCUT2D eigenvalue weighted by Gasteiger charge is -2.34. The number of hydrogen-bond donors (Lipinski definition) is 2. The molecule has 2 N–H and O–H groups in total. The highest BCUT2D eigenvalue weighted by molar-refractivity contribution is 5.80. The lowest BCUT2D eigenvalue weighted by Crippen LogP contribution is -2.48. The number of carbonyl (C=O) groups excluding carboxylic acids is 1. The first-order valence-electron chi connectivity index (χ1n) is 8.92. The van der Waals surface area contributed by atoms with E-state index in [-0.39, 0.29) is 17.9 Å². The normalized spacial score (nSPS) is 18.5. The fourth-order valence-corrected chi connectivity index (χ4v) is 2.62. The van der Waals surface area contributed by atoms with Crippen molar-refractivity contribution in [2.45, 2.75) is 26.9 Å². The van der Waals surface area contributed by atoms with E-state index < -0.39 is 0 Å². The van der Waals surface area contributed by atoms with Gasteiger partial charge in [-0.2, -0.15) is 5.10 Å². The van der Waals surface area contributed by atoms with Crippen LogP contribution in [0.2, 0.25) is 0 Å². The third kappa shape index (κ3) is 5.74. The molecule has 1 unspecified atom stereocenters. The van der Waals surface area contributed by atoms with E-state index >= 15 is 0 Å². The summed E-state index contributed by atoms with van der Waals surface area (Å²) >= 11 is 0. The maximum atomic E-state index is 11.6. The van der Waals surface area contributed by atoms with Crippen LogP contribution in [0.5, 0.6) is 0 Å². The SMILES string of the molecule is CCNC(=NCCNC(=O)C(C)C)N1CCOC(c2cnn(C)c2)C1. The molecule has 1 amide bonds. The molecule has 25 heavy (non-hydrogen) atoms. The van der Waals surface area contributed by atoms with E-state index in [0.717, 1.165) is 31.2 Å². The predicted octanol–water partition coefficient (Wildman–Crippen LogP) is 0.531. The number of carbonyl (C=O) groups is 1. The second-order valence-corrected chi connectivity index (χ2v) is 6.43. The van der Waals surface area contributed by atoms with Crippen molar-refractivity contribution < 1.29 is 9.53 Å². The monoisotopic (exact) mass is 350 g/mol. The van der Waals surface area contributed by atoms with E-state index in [4.69, 9.17) is 4.74 Å². The van der Waals surface area contributed by atoms with Crippen LogP contribution in [-0.4, -0.2) is 65.9 Å². The lowest BCUT2D eigenvalue weighted by atomic mass is 10.1. The van der Waals surface area contributed by atoms with Gasteiger partial charge < -0.3 is 20.3 Å². The minimum Gasteiger partial charge on any atom is -0.370 e. The topological polar surface area (TPSA) is 83.8 Å². The summed E-state index contributed by atoms with van der Waals surface area (Å²) < 4.78 is 7.67. The van der Waals surface area contributed by atoms with Crippen LogP contribution in [0.3, 0.4) is 0 Å². The first-order chi connectivity index (χ1) is 12.0. The molecule has 0 spiro atoms. The summed E-state index contributed by atoms with van der Waals surface area (Å²) in [6.45, 7) is 9.88. The summed E-state index contributed by atoms with van der Waals surface area (Å²) in [4.78, 5) is 18.5. The van der Waals surface area contributed by atoms with Gasteiger partial charge in [0.1, 0.15) is 6.10 Å². The van der Waals surface area contributed by atoms with Gasteiger partial charge in [-0.05, 0) is 6.92 Å². The predicted molar refractivity (Wildman–Crippen MR) is 97.3 cm³/mol. The number of aromatic nitrogens is 2. The van der Waals surface area contributed by atoms with Crippen LogP contribution >= 0.6 is 0 Å². The van der Waals surface area contributed by atoms with Crippen LogP contribution in [0.1, 0.15) is 32.4 Å². The molecule has 2 rings (SSSR count). The molecule has 0 radical (unpaired) electrons. The van der Waals surface area contributed by atoms with Gasteiger partial charge in [-0.25, -0.2) is 0 Å². The first kappa shape index (κ1) is 19.2. The summed E-state index contributed by atoms with van der Waals surface area (Å²) in [6.07, 6.45) is 3.83. The Labute approximate surface area is 149 Å². The molecule has 140 valence electrons. The molecule has 1 fully saturated rings. The molecule has 8 nitrogen and oxygen atoms in total. The molecule has 0 saturated carbocycles. The van der Waals surface area contributed by atoms with Crippen LogP contribution in [0.15, 0.2) is 17.4 Å². The Kier molecular flexibility index (Phi) is 7.24. The molecule has 1 aliphatic heterocycles. The van der Waals surface area contributed by atoms with Gasteiger partial charge in [-0.1, -0.05) is 13.8 Å². The van der Waals surface area contributed by atoms with E-state index in [9.17, 15) is 4.79 Å². The number of hydrogen-bond acceptors (Lipinski definition) is 4. The van der Waals surface area contributed by atoms with E-state index in [1.54, 1.807) is 4.68 Å². The van der Waals surface area contributed by atoms with Gasteiger partial charge in [-0.15, -0.1) is 0 Å². The van der Waals surface area contributed by atoms with Gasteiger partial charge in [0.05, 0.1) is 25.9 Å². The van der Waals surface area contributed by atoms with Gasteiger partial charge in [0.2, 0.25) is 5.91 Å². The number of aryl methyl sites for hydroxylation is 1. The number of guanidine groups is 1. The zero-order chi connectivity index (χ0) is 18.2. The Hall–Kier alpha value is -2.09. The average molecular weight is 350 g/mol. The van der Waals surface area contributed by atoms with Gasteiger partial charge in [-0.3, -0.25) is 14.5 Å². The van der Waals surface area contributed by atoms with Crippen LogP contribution in [0, 0.1) is 5.92 Å². The summed E-state index contributed by atoms with van der Waals surface area (Å²) in [5.41, 5.74) is 1.08. The third-order valence-corrected chi connectivity index (χ3v) is 3.99. The van der Waals surface area contributed by atoms with E-state index in [1.165, 1.54) is 0 Å². The largest absolute Gasteiger partial charge is 0.370 e. The summed E-state index contributed by atoms with van der Waals surface area (Å²) in [5, 5.41) is 10.4. The molecular formula is C17H30N6O2. The number of nitrogens with one attached hydrogen (secondary N) is 2. The molecule has 8 heteroatoms. The third-order valence-electron chi connectivity index (χ3n) is 3.99. The Morgan fingerprint density at radius 1 is 1.48 bits per heavy atom. The molecule has 1 aliphatic rings.